The third-order valence-corrected chi connectivity index (χ3v) is 1.72. The summed E-state index contributed by atoms with van der Waals surface area (Å²) in [5.41, 5.74) is 0. The Bertz CT molecular complexity index is 100. The van der Waals surface area contributed by atoms with Crippen molar-refractivity contribution in [1.29, 1.82) is 0 Å². The minimum Gasteiger partial charge on any atom is -0.294 e. The molecule has 0 fully saturated rings. The number of nitrogens with zero attached hydrogens (tertiary/aromatic N) is 1. The maximum atomic E-state index is 6.00. The van der Waals surface area contributed by atoms with Gasteiger partial charge in [-0.1, -0.05) is 0 Å². The molecular formula is C6H17ClN2Si. The number of halogens is 1. The van der Waals surface area contributed by atoms with E-state index < -0.39 is 0 Å². The van der Waals surface area contributed by atoms with Crippen molar-refractivity contribution in [1.82, 2.24) is 10.2 Å². The summed E-state index contributed by atoms with van der Waals surface area (Å²) in [6.45, 7) is 4.10. The molecule has 0 aromatic rings. The fraction of sp³-hybridized carbons (Fsp3) is 1.00. The molecule has 0 aliphatic heterocycles. The third kappa shape index (κ3) is 5.23. The van der Waals surface area contributed by atoms with E-state index in [2.05, 4.69) is 17.1 Å². The van der Waals surface area contributed by atoms with E-state index in [0.29, 0.717) is 6.17 Å². The number of rotatable bonds is 3. The molecule has 4 heteroatoms. The molecular weight excluding hydrogens is 164 g/mol. The summed E-state index contributed by atoms with van der Waals surface area (Å²) < 4.78 is -0.177. The Morgan fingerprint density at radius 3 is 2.10 bits per heavy atom. The molecule has 0 spiro atoms. The van der Waals surface area contributed by atoms with E-state index in [9.17, 15) is 0 Å². The molecule has 0 aromatic heterocycles. The highest BCUT2D eigenvalue weighted by Crippen LogP contribution is 2.04. The van der Waals surface area contributed by atoms with Gasteiger partial charge in [-0.05, 0) is 27.9 Å². The minimum atomic E-state index is -0.177. The van der Waals surface area contributed by atoms with Crippen molar-refractivity contribution in [2.75, 3.05) is 14.1 Å². The first-order valence-electron chi connectivity index (χ1n) is 3.46. The van der Waals surface area contributed by atoms with E-state index in [-0.39, 0.29) is 4.62 Å². The van der Waals surface area contributed by atoms with Crippen LogP contribution >= 0.6 is 11.6 Å². The molecule has 0 heterocycles. The van der Waals surface area contributed by atoms with Gasteiger partial charge in [0.2, 0.25) is 0 Å². The Morgan fingerprint density at radius 1 is 1.60 bits per heavy atom. The average Bonchev–Trinajstić information content (AvgIpc) is 1.60. The van der Waals surface area contributed by atoms with E-state index in [1.54, 1.807) is 0 Å². The first-order chi connectivity index (χ1) is 4.33. The van der Waals surface area contributed by atoms with Crippen molar-refractivity contribution in [3.8, 4) is 0 Å². The summed E-state index contributed by atoms with van der Waals surface area (Å²) in [6, 6.07) is 0. The molecule has 2 nitrogen and oxygen atoms in total. The number of hydrogen-bond acceptors (Lipinski definition) is 2. The molecule has 0 saturated heterocycles. The lowest BCUT2D eigenvalue weighted by molar-refractivity contribution is 0.255. The van der Waals surface area contributed by atoms with Crippen LogP contribution in [0.5, 0.6) is 0 Å². The second-order valence-electron chi connectivity index (χ2n) is 3.26. The van der Waals surface area contributed by atoms with Crippen LogP contribution in [0.15, 0.2) is 0 Å². The smallest absolute Gasteiger partial charge is 0.0708 e. The standard InChI is InChI=1S/C6H17ClN2Si/c1-5(9(3)4)8-6(2,7)10/h5,8H,1-4,10H3. The van der Waals surface area contributed by atoms with Crippen LogP contribution in [0.3, 0.4) is 0 Å². The predicted octanol–water partition coefficient (Wildman–Crippen LogP) is -0.239. The zero-order valence-electron chi connectivity index (χ0n) is 7.40. The van der Waals surface area contributed by atoms with Gasteiger partial charge in [-0.2, -0.15) is 0 Å². The highest BCUT2D eigenvalue weighted by atomic mass is 35.5. The first-order valence-corrected chi connectivity index (χ1v) is 4.84. The number of alkyl halides is 1. The van der Waals surface area contributed by atoms with E-state index >= 15 is 0 Å². The van der Waals surface area contributed by atoms with Crippen molar-refractivity contribution >= 4 is 21.8 Å². The lowest BCUT2D eigenvalue weighted by atomic mass is 10.5. The molecule has 0 radical (unpaired) electrons. The maximum Gasteiger partial charge on any atom is 0.0708 e. The largest absolute Gasteiger partial charge is 0.294 e. The number of nitrogens with one attached hydrogen (secondary N) is 1. The molecule has 0 aliphatic rings. The Balaban J connectivity index is 3.68. The zero-order valence-corrected chi connectivity index (χ0v) is 10.2. The summed E-state index contributed by atoms with van der Waals surface area (Å²) in [5.74, 6) is 0. The Labute approximate surface area is 71.3 Å². The SMILES string of the molecule is CC(NC(C)([SiH3])Cl)N(C)C. The molecule has 10 heavy (non-hydrogen) atoms. The van der Waals surface area contributed by atoms with E-state index in [1.165, 1.54) is 0 Å². The normalized spacial score (nSPS) is 21.0. The molecule has 62 valence electrons. The lowest BCUT2D eigenvalue weighted by Gasteiger charge is -2.28. The number of hydrogen-bond donors (Lipinski definition) is 1. The molecule has 0 bridgehead atoms. The van der Waals surface area contributed by atoms with E-state index in [1.807, 2.05) is 21.0 Å². The van der Waals surface area contributed by atoms with Crippen LogP contribution in [-0.2, 0) is 0 Å². The molecule has 1 N–H and O–H groups in total. The van der Waals surface area contributed by atoms with Crippen molar-refractivity contribution in [3.63, 3.8) is 0 Å². The summed E-state index contributed by atoms with van der Waals surface area (Å²) in [6.07, 6.45) is 0.347. The fourth-order valence-corrected chi connectivity index (χ4v) is 1.20. The van der Waals surface area contributed by atoms with Crippen molar-refractivity contribution in [2.45, 2.75) is 24.6 Å². The monoisotopic (exact) mass is 180 g/mol. The average molecular weight is 181 g/mol. The quantitative estimate of drug-likeness (QED) is 0.279. The molecule has 2 atom stereocenters. The van der Waals surface area contributed by atoms with Gasteiger partial charge in [0.1, 0.15) is 0 Å². The van der Waals surface area contributed by atoms with Crippen molar-refractivity contribution < 1.29 is 0 Å². The molecule has 0 aromatic carbocycles. The van der Waals surface area contributed by atoms with Crippen LogP contribution in [-0.4, -0.2) is 40.0 Å². The van der Waals surface area contributed by atoms with E-state index in [0.717, 1.165) is 10.2 Å². The van der Waals surface area contributed by atoms with E-state index in [4.69, 9.17) is 11.6 Å². The van der Waals surface area contributed by atoms with Gasteiger partial charge >= 0.3 is 0 Å². The van der Waals surface area contributed by atoms with Crippen molar-refractivity contribution in [2.24, 2.45) is 0 Å². The van der Waals surface area contributed by atoms with Gasteiger partial charge < -0.3 is 0 Å². The highest BCUT2D eigenvalue weighted by molar-refractivity contribution is 6.43. The summed E-state index contributed by atoms with van der Waals surface area (Å²) in [4.78, 5) is 2.10. The van der Waals surface area contributed by atoms with Crippen LogP contribution in [0.25, 0.3) is 0 Å². The Hall–Kier alpha value is 0.427. The topological polar surface area (TPSA) is 15.3 Å². The Morgan fingerprint density at radius 2 is 2.00 bits per heavy atom. The van der Waals surface area contributed by atoms with Crippen LogP contribution in [0.1, 0.15) is 13.8 Å². The van der Waals surface area contributed by atoms with Gasteiger partial charge in [0.25, 0.3) is 0 Å². The summed E-state index contributed by atoms with van der Waals surface area (Å²) in [7, 11) is 5.01. The third-order valence-electron chi connectivity index (χ3n) is 1.33. The van der Waals surface area contributed by atoms with Crippen LogP contribution in [0.4, 0.5) is 0 Å². The summed E-state index contributed by atoms with van der Waals surface area (Å²) >= 11 is 6.00. The molecule has 0 saturated carbocycles. The fourth-order valence-electron chi connectivity index (χ4n) is 0.626. The second-order valence-corrected chi connectivity index (χ2v) is 6.84. The van der Waals surface area contributed by atoms with Gasteiger partial charge in [-0.15, -0.1) is 11.6 Å². The molecule has 2 unspecified atom stereocenters. The summed E-state index contributed by atoms with van der Waals surface area (Å²) in [5, 5.41) is 3.27. The van der Waals surface area contributed by atoms with Gasteiger partial charge in [0.05, 0.1) is 10.8 Å². The molecule has 0 amide bonds. The lowest BCUT2D eigenvalue weighted by Crippen LogP contribution is -2.49. The van der Waals surface area contributed by atoms with Gasteiger partial charge in [0, 0.05) is 10.2 Å². The second kappa shape index (κ2) is 3.71. The minimum absolute atomic E-state index is 0.177. The Kier molecular flexibility index (Phi) is 3.87. The van der Waals surface area contributed by atoms with Crippen LogP contribution in [0.2, 0.25) is 0 Å². The molecule has 0 rings (SSSR count). The van der Waals surface area contributed by atoms with Crippen LogP contribution in [0, 0.1) is 0 Å². The van der Waals surface area contributed by atoms with Gasteiger partial charge in [-0.3, -0.25) is 10.2 Å². The first kappa shape index (κ1) is 10.4. The zero-order chi connectivity index (χ0) is 8.36. The van der Waals surface area contributed by atoms with Crippen molar-refractivity contribution in [3.05, 3.63) is 0 Å². The van der Waals surface area contributed by atoms with Gasteiger partial charge in [0.15, 0.2) is 0 Å². The highest BCUT2D eigenvalue weighted by Gasteiger charge is 2.16. The van der Waals surface area contributed by atoms with Gasteiger partial charge in [-0.25, -0.2) is 0 Å². The predicted molar refractivity (Wildman–Crippen MR) is 50.5 cm³/mol. The molecule has 0 aliphatic carbocycles. The van der Waals surface area contributed by atoms with Crippen LogP contribution < -0.4 is 5.32 Å². The maximum absolute atomic E-state index is 6.00.